The van der Waals surface area contributed by atoms with E-state index in [-0.39, 0.29) is 17.0 Å². The topological polar surface area (TPSA) is 63.2 Å². The second-order valence-electron chi connectivity index (χ2n) is 4.74. The van der Waals surface area contributed by atoms with Crippen molar-refractivity contribution in [1.29, 1.82) is 0 Å². The predicted molar refractivity (Wildman–Crippen MR) is 71.7 cm³/mol. The number of rotatable bonds is 5. The van der Waals surface area contributed by atoms with Gasteiger partial charge in [0, 0.05) is 0 Å². The molecule has 0 saturated heterocycles. The van der Waals surface area contributed by atoms with Crippen molar-refractivity contribution in [3.05, 3.63) is 54.6 Å². The molecule has 112 valence electrons. The molecule has 2 atom stereocenters. The molecule has 0 bridgehead atoms. The summed E-state index contributed by atoms with van der Waals surface area (Å²) < 4.78 is 3.42. The molecular weight excluding hydrogens is 336 g/mol. The highest BCUT2D eigenvalue weighted by Gasteiger charge is 2.31. The van der Waals surface area contributed by atoms with Gasteiger partial charge in [-0.2, -0.15) is 0 Å². The first-order chi connectivity index (χ1) is 9.50. The highest BCUT2D eigenvalue weighted by molar-refractivity contribution is 6.40. The Morgan fingerprint density at radius 1 is 1.19 bits per heavy atom. The quantitative estimate of drug-likeness (QED) is 0.488. The molecular formula is C15H17BrN2O3. The summed E-state index contributed by atoms with van der Waals surface area (Å²) in [6.45, 7) is 1.64. The molecule has 0 fully saturated rings. The van der Waals surface area contributed by atoms with Crippen LogP contribution in [0, 0.1) is 0 Å². The molecule has 0 aliphatic rings. The maximum atomic E-state index is 12.1. The Labute approximate surface area is 133 Å². The first kappa shape index (κ1) is 17.3. The minimum atomic E-state index is -1.41. The van der Waals surface area contributed by atoms with Crippen LogP contribution in [0.25, 0.3) is 0 Å². The van der Waals surface area contributed by atoms with Gasteiger partial charge >= 0.3 is 0 Å². The van der Waals surface area contributed by atoms with Crippen molar-refractivity contribution < 1.29 is 36.2 Å². The van der Waals surface area contributed by atoms with E-state index in [0.717, 1.165) is 0 Å². The summed E-state index contributed by atoms with van der Waals surface area (Å²) in [5.74, 6) is -1.40. The zero-order valence-electron chi connectivity index (χ0n) is 11.8. The van der Waals surface area contributed by atoms with Gasteiger partial charge in [-0.15, -0.1) is 0 Å². The lowest BCUT2D eigenvalue weighted by Gasteiger charge is -2.11. The largest absolute Gasteiger partial charge is 1.00 e. The number of halogens is 1. The number of hydrogen-bond donors (Lipinski definition) is 1. The molecule has 0 aliphatic carbocycles. The molecule has 0 saturated carbocycles. The third-order valence-corrected chi connectivity index (χ3v) is 3.22. The minimum Gasteiger partial charge on any atom is -1.00 e. The Kier molecular flexibility index (Phi) is 5.99. The molecule has 1 unspecified atom stereocenters. The third-order valence-electron chi connectivity index (χ3n) is 3.22. The van der Waals surface area contributed by atoms with Crippen LogP contribution < -0.4 is 21.5 Å². The van der Waals surface area contributed by atoms with E-state index in [9.17, 15) is 14.7 Å². The number of carbonyl (C=O) groups excluding carboxylic acids is 2. The number of hydrogen-bond acceptors (Lipinski definition) is 3. The molecule has 1 aromatic carbocycles. The number of nitrogens with zero attached hydrogens (tertiary/aromatic N) is 2. The summed E-state index contributed by atoms with van der Waals surface area (Å²) >= 11 is 0. The second-order valence-corrected chi connectivity index (χ2v) is 4.74. The summed E-state index contributed by atoms with van der Waals surface area (Å²) in [6, 6.07) is 7.82. The van der Waals surface area contributed by atoms with Gasteiger partial charge in [-0.3, -0.25) is 9.59 Å². The number of carbonyl (C=O) groups is 2. The molecule has 6 heteroatoms. The monoisotopic (exact) mass is 352 g/mol. The van der Waals surface area contributed by atoms with Crippen molar-refractivity contribution in [2.75, 3.05) is 0 Å². The standard InChI is InChI=1S/C15H17N2O3.BrH/c1-11(17-9-8-16(2)10-17)13(18)15(20)14(19)12-6-4-3-5-7-12;/h3-11,14,19H,1-2H3;1H/q+1;/p-1/t11-,14?;/m1./s1. The fraction of sp³-hybridized carbons (Fsp3) is 0.267. The van der Waals surface area contributed by atoms with Crippen LogP contribution in [0.15, 0.2) is 49.1 Å². The fourth-order valence-electron chi connectivity index (χ4n) is 1.96. The van der Waals surface area contributed by atoms with Crippen molar-refractivity contribution in [3.63, 3.8) is 0 Å². The lowest BCUT2D eigenvalue weighted by molar-refractivity contribution is -0.671. The zero-order valence-corrected chi connectivity index (χ0v) is 13.4. The lowest BCUT2D eigenvalue weighted by Crippen LogP contribution is -3.00. The van der Waals surface area contributed by atoms with Crippen LogP contribution in [0.2, 0.25) is 0 Å². The molecule has 5 nitrogen and oxygen atoms in total. The molecule has 0 spiro atoms. The smallest absolute Gasteiger partial charge is 0.245 e. The normalized spacial score (nSPS) is 13.1. The lowest BCUT2D eigenvalue weighted by atomic mass is 10.00. The van der Waals surface area contributed by atoms with Crippen molar-refractivity contribution in [2.45, 2.75) is 19.1 Å². The van der Waals surface area contributed by atoms with Gasteiger partial charge in [-0.05, 0) is 12.5 Å². The zero-order chi connectivity index (χ0) is 14.7. The van der Waals surface area contributed by atoms with E-state index in [0.29, 0.717) is 5.56 Å². The SMILES string of the molecule is C[C@H](C(=O)C(=O)C(O)c1ccccc1)n1cc[n+](C)c1.[Br-]. The van der Waals surface area contributed by atoms with Gasteiger partial charge in [-0.25, -0.2) is 9.13 Å². The number of Topliss-reactive ketones (excluding diaryl/α,β-unsaturated/α-hetero) is 2. The number of ketones is 2. The maximum absolute atomic E-state index is 12.1. The van der Waals surface area contributed by atoms with Gasteiger partial charge in [0.05, 0.1) is 7.05 Å². The van der Waals surface area contributed by atoms with Gasteiger partial charge in [0.15, 0.2) is 6.04 Å². The Morgan fingerprint density at radius 2 is 1.81 bits per heavy atom. The first-order valence-corrected chi connectivity index (χ1v) is 6.34. The summed E-state index contributed by atoms with van der Waals surface area (Å²) in [5.41, 5.74) is 0.427. The van der Waals surface area contributed by atoms with Crippen LogP contribution in [-0.2, 0) is 16.6 Å². The first-order valence-electron chi connectivity index (χ1n) is 6.34. The van der Waals surface area contributed by atoms with Gasteiger partial charge < -0.3 is 22.1 Å². The van der Waals surface area contributed by atoms with Gasteiger partial charge in [0.2, 0.25) is 17.9 Å². The highest BCUT2D eigenvalue weighted by Crippen LogP contribution is 2.17. The van der Waals surface area contributed by atoms with E-state index >= 15 is 0 Å². The summed E-state index contributed by atoms with van der Waals surface area (Å²) in [5, 5.41) is 9.98. The van der Waals surface area contributed by atoms with E-state index in [2.05, 4.69) is 0 Å². The van der Waals surface area contributed by atoms with Crippen LogP contribution in [0.5, 0.6) is 0 Å². The van der Waals surface area contributed by atoms with Gasteiger partial charge in [0.25, 0.3) is 0 Å². The Hall–Kier alpha value is -1.79. The second kappa shape index (κ2) is 7.28. The highest BCUT2D eigenvalue weighted by atomic mass is 79.9. The molecule has 1 N–H and O–H groups in total. The molecule has 2 rings (SSSR count). The van der Waals surface area contributed by atoms with Crippen LogP contribution in [0.4, 0.5) is 0 Å². The number of aliphatic hydroxyl groups is 1. The molecule has 1 heterocycles. The minimum absolute atomic E-state index is 0. The van der Waals surface area contributed by atoms with E-state index in [1.54, 1.807) is 65.1 Å². The number of aliphatic hydroxyl groups excluding tert-OH is 1. The Bertz CT molecular complexity index is 625. The van der Waals surface area contributed by atoms with E-state index in [1.807, 2.05) is 7.05 Å². The molecule has 2 aromatic rings. The molecule has 0 radical (unpaired) electrons. The average Bonchev–Trinajstić information content (AvgIpc) is 2.91. The van der Waals surface area contributed by atoms with Crippen molar-refractivity contribution in [1.82, 2.24) is 4.57 Å². The average molecular weight is 353 g/mol. The van der Waals surface area contributed by atoms with Gasteiger partial charge in [-0.1, -0.05) is 30.3 Å². The molecule has 0 amide bonds. The van der Waals surface area contributed by atoms with Crippen LogP contribution >= 0.6 is 0 Å². The molecule has 1 aromatic heterocycles. The number of aromatic nitrogens is 2. The molecule has 0 aliphatic heterocycles. The Morgan fingerprint density at radius 3 is 2.33 bits per heavy atom. The number of aryl methyl sites for hydroxylation is 1. The van der Waals surface area contributed by atoms with Crippen molar-refractivity contribution in [3.8, 4) is 0 Å². The van der Waals surface area contributed by atoms with Crippen LogP contribution in [0.1, 0.15) is 24.6 Å². The van der Waals surface area contributed by atoms with E-state index in [1.165, 1.54) is 0 Å². The van der Waals surface area contributed by atoms with Gasteiger partial charge in [0.1, 0.15) is 18.5 Å². The molecule has 21 heavy (non-hydrogen) atoms. The predicted octanol–water partition coefficient (Wildman–Crippen LogP) is -2.25. The van der Waals surface area contributed by atoms with E-state index in [4.69, 9.17) is 0 Å². The summed E-state index contributed by atoms with van der Waals surface area (Å²) in [4.78, 5) is 24.2. The van der Waals surface area contributed by atoms with Crippen molar-refractivity contribution in [2.24, 2.45) is 7.05 Å². The fourth-order valence-corrected chi connectivity index (χ4v) is 1.96. The van der Waals surface area contributed by atoms with Crippen molar-refractivity contribution >= 4 is 11.6 Å². The number of benzene rings is 1. The third kappa shape index (κ3) is 3.86. The van der Waals surface area contributed by atoms with Crippen LogP contribution in [0.3, 0.4) is 0 Å². The van der Waals surface area contributed by atoms with Crippen LogP contribution in [-0.4, -0.2) is 21.2 Å². The summed E-state index contributed by atoms with van der Waals surface area (Å²) in [7, 11) is 1.83. The summed E-state index contributed by atoms with van der Waals surface area (Å²) in [6.07, 6.45) is 3.80. The maximum Gasteiger partial charge on any atom is 0.245 e. The van der Waals surface area contributed by atoms with E-state index < -0.39 is 23.7 Å². The Balaban J connectivity index is 0.00000220. The number of imidazole rings is 1.